The van der Waals surface area contributed by atoms with Crippen LogP contribution in [-0.4, -0.2) is 28.0 Å². The highest BCUT2D eigenvalue weighted by Crippen LogP contribution is 2.28. The number of aliphatic imine (C=N–C) groups is 1. The minimum atomic E-state index is 0.0432. The molecule has 3 aromatic rings. The quantitative estimate of drug-likeness (QED) is 0.397. The Labute approximate surface area is 187 Å². The van der Waals surface area contributed by atoms with Crippen LogP contribution < -0.4 is 16.8 Å². The predicted molar refractivity (Wildman–Crippen MR) is 130 cm³/mol. The fourth-order valence-corrected chi connectivity index (χ4v) is 4.12. The third kappa shape index (κ3) is 5.33. The van der Waals surface area contributed by atoms with E-state index < -0.39 is 0 Å². The maximum absolute atomic E-state index is 5.98. The number of hydrogen-bond donors (Lipinski definition) is 3. The average molecular weight is 435 g/mol. The summed E-state index contributed by atoms with van der Waals surface area (Å²) in [6.07, 6.45) is 8.12. The molecule has 1 aliphatic carbocycles. The lowest BCUT2D eigenvalue weighted by molar-refractivity contribution is 0.405. The van der Waals surface area contributed by atoms with Gasteiger partial charge in [-0.2, -0.15) is 0 Å². The fraction of sp³-hybridized carbons (Fsp3) is 0.292. The molecule has 7 heteroatoms. The number of halogens is 1. The van der Waals surface area contributed by atoms with Gasteiger partial charge in [0.2, 0.25) is 0 Å². The van der Waals surface area contributed by atoms with Crippen molar-refractivity contribution in [3.05, 3.63) is 64.4 Å². The van der Waals surface area contributed by atoms with E-state index in [0.29, 0.717) is 10.8 Å². The van der Waals surface area contributed by atoms with Gasteiger partial charge >= 0.3 is 0 Å². The van der Waals surface area contributed by atoms with E-state index in [-0.39, 0.29) is 18.0 Å². The number of nitrogens with zero attached hydrogens (tertiary/aromatic N) is 3. The Morgan fingerprint density at radius 1 is 1.06 bits per heavy atom. The van der Waals surface area contributed by atoms with E-state index in [2.05, 4.69) is 29.4 Å². The molecule has 0 unspecified atom stereocenters. The summed E-state index contributed by atoms with van der Waals surface area (Å²) in [5.74, 6) is 1.59. The van der Waals surface area contributed by atoms with E-state index in [1.807, 2.05) is 42.5 Å². The number of aromatic nitrogens is 2. The summed E-state index contributed by atoms with van der Waals surface area (Å²) in [5, 5.41) is 5.34. The minimum absolute atomic E-state index is 0.0432. The van der Waals surface area contributed by atoms with Gasteiger partial charge in [-0.1, -0.05) is 54.3 Å². The van der Waals surface area contributed by atoms with Crippen molar-refractivity contribution in [3.63, 3.8) is 0 Å². The van der Waals surface area contributed by atoms with Crippen LogP contribution in [0.4, 0.5) is 5.82 Å². The van der Waals surface area contributed by atoms with Crippen molar-refractivity contribution in [2.45, 2.75) is 44.7 Å². The van der Waals surface area contributed by atoms with E-state index in [9.17, 15) is 0 Å². The largest absolute Gasteiger partial charge is 0.370 e. The minimum Gasteiger partial charge on any atom is -0.370 e. The van der Waals surface area contributed by atoms with Crippen LogP contribution in [0.2, 0.25) is 5.02 Å². The Morgan fingerprint density at radius 2 is 1.84 bits per heavy atom. The molecule has 4 rings (SSSR count). The van der Waals surface area contributed by atoms with Crippen molar-refractivity contribution in [1.29, 1.82) is 0 Å². The molecule has 1 aromatic heterocycles. The lowest BCUT2D eigenvalue weighted by Crippen LogP contribution is -2.38. The van der Waals surface area contributed by atoms with Crippen LogP contribution in [0.3, 0.4) is 0 Å². The number of aryl methyl sites for hydroxylation is 1. The van der Waals surface area contributed by atoms with Gasteiger partial charge in [0.05, 0.1) is 17.6 Å². The van der Waals surface area contributed by atoms with Gasteiger partial charge in [-0.15, -0.1) is 0 Å². The molecule has 1 fully saturated rings. The summed E-state index contributed by atoms with van der Waals surface area (Å²) >= 11 is 5.98. The Balaban J connectivity index is 1.69. The maximum atomic E-state index is 5.98. The van der Waals surface area contributed by atoms with Crippen molar-refractivity contribution >= 4 is 46.4 Å². The Kier molecular flexibility index (Phi) is 6.37. The second kappa shape index (κ2) is 9.35. The Morgan fingerprint density at radius 3 is 2.61 bits per heavy atom. The summed E-state index contributed by atoms with van der Waals surface area (Å²) in [5.41, 5.74) is 14.4. The van der Waals surface area contributed by atoms with Crippen molar-refractivity contribution in [2.24, 2.45) is 16.5 Å². The number of fused-ring (bicyclic) bond motifs is 1. The number of anilines is 1. The predicted octanol–water partition coefficient (Wildman–Crippen LogP) is 4.76. The number of nitrogens with one attached hydrogen (secondary N) is 1. The normalized spacial score (nSPS) is 18.9. The second-order valence-corrected chi connectivity index (χ2v) is 8.43. The summed E-state index contributed by atoms with van der Waals surface area (Å²) in [6.45, 7) is 2.07. The lowest BCUT2D eigenvalue weighted by Gasteiger charge is -2.30. The molecule has 1 heterocycles. The third-order valence-electron chi connectivity index (χ3n) is 5.53. The number of hydrogen-bond acceptors (Lipinski definition) is 4. The molecule has 6 nitrogen and oxygen atoms in total. The number of nitrogens with two attached hydrogens (primary N) is 2. The number of guanidine groups is 1. The standard InChI is InChI=1S/C24H27ClN6/c1-15-6-12-19-18(14-15)23(29-20-4-2-3-5-21(20)30-24(26)27)31-22(28-19)13-9-16-7-10-17(25)11-8-16/h6-14,20-21H,2-5H2,1H3,(H4,26,27,30)(H,28,29,31)/b13-9+/t20-,21+/m1/s1. The summed E-state index contributed by atoms with van der Waals surface area (Å²) < 4.78 is 0. The zero-order chi connectivity index (χ0) is 21.8. The molecule has 1 aliphatic rings. The summed E-state index contributed by atoms with van der Waals surface area (Å²) in [7, 11) is 0. The highest BCUT2D eigenvalue weighted by Gasteiger charge is 2.26. The van der Waals surface area contributed by atoms with Crippen molar-refractivity contribution in [3.8, 4) is 0 Å². The SMILES string of the molecule is Cc1ccc2nc(/C=C/c3ccc(Cl)cc3)nc(N[C@@H]3CCCC[C@@H]3N=C(N)N)c2c1. The van der Waals surface area contributed by atoms with Crippen molar-refractivity contribution < 1.29 is 0 Å². The molecule has 2 aromatic carbocycles. The first-order chi connectivity index (χ1) is 15.0. The fourth-order valence-electron chi connectivity index (χ4n) is 3.99. The van der Waals surface area contributed by atoms with Crippen molar-refractivity contribution in [1.82, 2.24) is 9.97 Å². The molecule has 0 aliphatic heterocycles. The molecule has 0 saturated heterocycles. The van der Waals surface area contributed by atoms with Gasteiger partial charge in [0.25, 0.3) is 0 Å². The molecule has 31 heavy (non-hydrogen) atoms. The monoisotopic (exact) mass is 434 g/mol. The van der Waals surface area contributed by atoms with Gasteiger partial charge in [-0.3, -0.25) is 0 Å². The van der Waals surface area contributed by atoms with Crippen LogP contribution >= 0.6 is 11.6 Å². The molecular weight excluding hydrogens is 408 g/mol. The van der Waals surface area contributed by atoms with Gasteiger partial charge in [0.1, 0.15) is 5.82 Å². The molecule has 0 bridgehead atoms. The smallest absolute Gasteiger partial charge is 0.186 e. The van der Waals surface area contributed by atoms with Crippen LogP contribution in [0.25, 0.3) is 23.1 Å². The van der Waals surface area contributed by atoms with E-state index >= 15 is 0 Å². The topological polar surface area (TPSA) is 102 Å². The average Bonchev–Trinajstić information content (AvgIpc) is 2.75. The molecule has 1 saturated carbocycles. The van der Waals surface area contributed by atoms with Crippen LogP contribution in [0.15, 0.2) is 47.5 Å². The van der Waals surface area contributed by atoms with Crippen LogP contribution in [0.1, 0.15) is 42.6 Å². The van der Waals surface area contributed by atoms with E-state index in [1.54, 1.807) is 0 Å². The Bertz CT molecular complexity index is 1120. The summed E-state index contributed by atoms with van der Waals surface area (Å²) in [6, 6.07) is 14.0. The number of benzene rings is 2. The second-order valence-electron chi connectivity index (χ2n) is 7.99. The van der Waals surface area contributed by atoms with Gasteiger partial charge in [0, 0.05) is 10.4 Å². The first-order valence-electron chi connectivity index (χ1n) is 10.6. The lowest BCUT2D eigenvalue weighted by atomic mass is 9.90. The van der Waals surface area contributed by atoms with Gasteiger partial charge in [-0.05, 0) is 55.7 Å². The van der Waals surface area contributed by atoms with E-state index in [4.69, 9.17) is 33.0 Å². The molecule has 160 valence electrons. The highest BCUT2D eigenvalue weighted by atomic mass is 35.5. The van der Waals surface area contributed by atoms with Gasteiger partial charge < -0.3 is 16.8 Å². The van der Waals surface area contributed by atoms with E-state index in [0.717, 1.165) is 53.5 Å². The maximum Gasteiger partial charge on any atom is 0.186 e. The van der Waals surface area contributed by atoms with Crippen LogP contribution in [-0.2, 0) is 0 Å². The molecule has 0 radical (unpaired) electrons. The molecule has 5 N–H and O–H groups in total. The van der Waals surface area contributed by atoms with Gasteiger partial charge in [0.15, 0.2) is 11.8 Å². The third-order valence-corrected chi connectivity index (χ3v) is 5.78. The molecule has 0 amide bonds. The van der Waals surface area contributed by atoms with Crippen LogP contribution in [0.5, 0.6) is 0 Å². The van der Waals surface area contributed by atoms with Crippen LogP contribution in [0, 0.1) is 6.92 Å². The first kappa shape index (κ1) is 21.1. The number of rotatable bonds is 5. The van der Waals surface area contributed by atoms with E-state index in [1.165, 1.54) is 0 Å². The molecule has 2 atom stereocenters. The molecular formula is C24H27ClN6. The van der Waals surface area contributed by atoms with Crippen molar-refractivity contribution in [2.75, 3.05) is 5.32 Å². The highest BCUT2D eigenvalue weighted by molar-refractivity contribution is 6.30. The van der Waals surface area contributed by atoms with Gasteiger partial charge in [-0.25, -0.2) is 15.0 Å². The summed E-state index contributed by atoms with van der Waals surface area (Å²) in [4.78, 5) is 14.0. The zero-order valence-corrected chi connectivity index (χ0v) is 18.3. The molecule has 0 spiro atoms. The zero-order valence-electron chi connectivity index (χ0n) is 17.6. The Hall–Kier alpha value is -3.12. The first-order valence-corrected chi connectivity index (χ1v) is 10.9.